The number of halogens is 1. The van der Waals surface area contributed by atoms with Crippen molar-refractivity contribution >= 4 is 20.9 Å². The van der Waals surface area contributed by atoms with Crippen LogP contribution in [-0.4, -0.2) is 43.7 Å². The first-order valence-corrected chi connectivity index (χ1v) is 13.2. The third-order valence-electron chi connectivity index (χ3n) is 5.82. The fourth-order valence-electron chi connectivity index (χ4n) is 4.29. The molecule has 9 heteroatoms. The normalized spacial score (nSPS) is 12.6. The van der Waals surface area contributed by atoms with E-state index in [2.05, 4.69) is 4.98 Å². The van der Waals surface area contributed by atoms with E-state index in [1.165, 1.54) is 17.7 Å². The Morgan fingerprint density at radius 3 is 2.46 bits per heavy atom. The monoisotopic (exact) mass is 498 g/mol. The molecule has 1 aromatic heterocycles. The van der Waals surface area contributed by atoms with Crippen LogP contribution in [0.15, 0.2) is 65.5 Å². The molecule has 0 amide bonds. The zero-order valence-corrected chi connectivity index (χ0v) is 20.6. The smallest absolute Gasteiger partial charge is 0.327 e. The topological polar surface area (TPSA) is 90.4 Å². The molecule has 3 aromatic carbocycles. The van der Waals surface area contributed by atoms with Gasteiger partial charge >= 0.3 is 5.69 Å². The molecule has 0 spiro atoms. The average Bonchev–Trinajstić information content (AvgIpc) is 3.15. The maximum atomic E-state index is 14.3. The minimum absolute atomic E-state index is 0.276. The fraction of sp³-hybridized carbons (Fsp3) is 0.269. The van der Waals surface area contributed by atoms with Crippen LogP contribution in [0.1, 0.15) is 29.7 Å². The molecule has 4 rings (SSSR count). The van der Waals surface area contributed by atoms with Gasteiger partial charge in [0, 0.05) is 12.7 Å². The summed E-state index contributed by atoms with van der Waals surface area (Å²) in [4.78, 5) is 16.1. The van der Waals surface area contributed by atoms with Crippen LogP contribution in [0.3, 0.4) is 0 Å². The minimum atomic E-state index is -3.48. The second kappa shape index (κ2) is 9.95. The molecule has 1 atom stereocenters. The summed E-state index contributed by atoms with van der Waals surface area (Å²) >= 11 is 0. The second-order valence-electron chi connectivity index (χ2n) is 8.33. The number of ether oxygens (including phenoxy) is 2. The number of aromatic amines is 1. The van der Waals surface area contributed by atoms with Crippen LogP contribution in [0.2, 0.25) is 0 Å². The Morgan fingerprint density at radius 1 is 1.03 bits per heavy atom. The molecule has 0 saturated carbocycles. The molecule has 0 saturated heterocycles. The van der Waals surface area contributed by atoms with E-state index < -0.39 is 21.6 Å². The van der Waals surface area contributed by atoms with Gasteiger partial charge in [0.05, 0.1) is 36.5 Å². The maximum absolute atomic E-state index is 14.3. The number of benzene rings is 3. The first-order chi connectivity index (χ1) is 16.7. The standard InChI is InChI=1S/C26H27FN2O5S/c1-4-34-24-15-18(12-13-23(24)33-2)22(16-35(3,31)32)29-21-11-7-9-19(25(21)28-26(29)30)14-17-8-5-6-10-20(17)27/h5-13,15,22H,4,14,16H2,1-3H3,(H,28,30)/t22-/m0/s1. The average molecular weight is 499 g/mol. The van der Waals surface area contributed by atoms with Crippen LogP contribution in [0.25, 0.3) is 11.0 Å². The Hall–Kier alpha value is -3.59. The highest BCUT2D eigenvalue weighted by Crippen LogP contribution is 2.33. The lowest BCUT2D eigenvalue weighted by molar-refractivity contribution is 0.310. The number of sulfone groups is 1. The van der Waals surface area contributed by atoms with Gasteiger partial charge in [0.1, 0.15) is 15.7 Å². The molecule has 184 valence electrons. The van der Waals surface area contributed by atoms with Crippen molar-refractivity contribution in [2.45, 2.75) is 19.4 Å². The highest BCUT2D eigenvalue weighted by Gasteiger charge is 2.25. The van der Waals surface area contributed by atoms with Gasteiger partial charge < -0.3 is 14.5 Å². The van der Waals surface area contributed by atoms with Gasteiger partial charge in [-0.1, -0.05) is 36.4 Å². The van der Waals surface area contributed by atoms with Crippen molar-refractivity contribution in [3.8, 4) is 11.5 Å². The van der Waals surface area contributed by atoms with Gasteiger partial charge in [-0.3, -0.25) is 4.57 Å². The molecule has 0 aliphatic carbocycles. The van der Waals surface area contributed by atoms with Crippen LogP contribution in [0.5, 0.6) is 11.5 Å². The molecule has 0 aliphatic rings. The molecule has 0 aliphatic heterocycles. The predicted octanol–water partition coefficient (Wildman–Crippen LogP) is 4.10. The largest absolute Gasteiger partial charge is 0.493 e. The summed E-state index contributed by atoms with van der Waals surface area (Å²) in [5.74, 6) is 0.337. The number of methoxy groups -OCH3 is 1. The summed E-state index contributed by atoms with van der Waals surface area (Å²) in [7, 11) is -1.96. The highest BCUT2D eigenvalue weighted by molar-refractivity contribution is 7.90. The molecule has 1 N–H and O–H groups in total. The molecular formula is C26H27FN2O5S. The van der Waals surface area contributed by atoms with Crippen LogP contribution >= 0.6 is 0 Å². The van der Waals surface area contributed by atoms with Crippen molar-refractivity contribution in [1.82, 2.24) is 9.55 Å². The molecule has 0 fully saturated rings. The molecule has 0 unspecified atom stereocenters. The predicted molar refractivity (Wildman–Crippen MR) is 134 cm³/mol. The summed E-state index contributed by atoms with van der Waals surface area (Å²) in [6, 6.07) is 16.1. The summed E-state index contributed by atoms with van der Waals surface area (Å²) in [6.45, 7) is 2.23. The summed E-state index contributed by atoms with van der Waals surface area (Å²) in [5, 5.41) is 0. The van der Waals surface area contributed by atoms with E-state index in [0.29, 0.717) is 40.3 Å². The molecule has 7 nitrogen and oxygen atoms in total. The number of H-pyrrole nitrogens is 1. The number of imidazole rings is 1. The molecule has 4 aromatic rings. The maximum Gasteiger partial charge on any atom is 0.327 e. The zero-order chi connectivity index (χ0) is 25.2. The number of aromatic nitrogens is 2. The first-order valence-electron chi connectivity index (χ1n) is 11.2. The number of nitrogens with zero attached hydrogens (tertiary/aromatic N) is 1. The summed E-state index contributed by atoms with van der Waals surface area (Å²) in [6.07, 6.45) is 1.41. The third kappa shape index (κ3) is 5.24. The lowest BCUT2D eigenvalue weighted by Gasteiger charge is -2.20. The van der Waals surface area contributed by atoms with Crippen molar-refractivity contribution in [2.75, 3.05) is 25.7 Å². The SMILES string of the molecule is CCOc1cc([C@H](CS(C)(=O)=O)n2c(=O)[nH]c3c(Cc4ccccc4F)cccc32)ccc1OC. The van der Waals surface area contributed by atoms with E-state index >= 15 is 0 Å². The van der Waals surface area contributed by atoms with Crippen LogP contribution in [0, 0.1) is 5.82 Å². The van der Waals surface area contributed by atoms with E-state index in [4.69, 9.17) is 9.47 Å². The molecule has 35 heavy (non-hydrogen) atoms. The Morgan fingerprint density at radius 2 is 1.77 bits per heavy atom. The number of rotatable bonds is 9. The molecule has 1 heterocycles. The van der Waals surface area contributed by atoms with Crippen molar-refractivity contribution in [1.29, 1.82) is 0 Å². The number of hydrogen-bond donors (Lipinski definition) is 1. The van der Waals surface area contributed by atoms with Gasteiger partial charge in [-0.05, 0) is 47.9 Å². The number of para-hydroxylation sites is 1. The van der Waals surface area contributed by atoms with E-state index in [1.807, 2.05) is 13.0 Å². The number of nitrogens with one attached hydrogen (secondary N) is 1. The number of fused-ring (bicyclic) bond motifs is 1. The molecule has 0 radical (unpaired) electrons. The van der Waals surface area contributed by atoms with Crippen molar-refractivity contribution in [3.63, 3.8) is 0 Å². The van der Waals surface area contributed by atoms with Gasteiger partial charge in [0.2, 0.25) is 0 Å². The van der Waals surface area contributed by atoms with Crippen LogP contribution in [-0.2, 0) is 16.3 Å². The van der Waals surface area contributed by atoms with Gasteiger partial charge in [0.15, 0.2) is 11.5 Å². The molecule has 0 bridgehead atoms. The Bertz CT molecular complexity index is 1520. The van der Waals surface area contributed by atoms with E-state index in [9.17, 15) is 17.6 Å². The van der Waals surface area contributed by atoms with E-state index in [1.54, 1.807) is 48.5 Å². The lowest BCUT2D eigenvalue weighted by atomic mass is 10.0. The second-order valence-corrected chi connectivity index (χ2v) is 10.5. The van der Waals surface area contributed by atoms with Gasteiger partial charge in [-0.2, -0.15) is 0 Å². The Balaban J connectivity index is 1.88. The summed E-state index contributed by atoms with van der Waals surface area (Å²) in [5.41, 5.74) is 2.43. The van der Waals surface area contributed by atoms with Crippen molar-refractivity contribution < 1.29 is 22.3 Å². The highest BCUT2D eigenvalue weighted by atomic mass is 32.2. The van der Waals surface area contributed by atoms with Gasteiger partial charge in [0.25, 0.3) is 0 Å². The molecular weight excluding hydrogens is 471 g/mol. The van der Waals surface area contributed by atoms with E-state index in [-0.39, 0.29) is 18.0 Å². The summed E-state index contributed by atoms with van der Waals surface area (Å²) < 4.78 is 51.6. The minimum Gasteiger partial charge on any atom is -0.493 e. The Labute approximate surface area is 203 Å². The Kier molecular flexibility index (Phi) is 6.98. The fourth-order valence-corrected chi connectivity index (χ4v) is 5.20. The van der Waals surface area contributed by atoms with Crippen LogP contribution in [0.4, 0.5) is 4.39 Å². The number of hydrogen-bond acceptors (Lipinski definition) is 5. The van der Waals surface area contributed by atoms with Gasteiger partial charge in [-0.25, -0.2) is 17.6 Å². The lowest BCUT2D eigenvalue weighted by Crippen LogP contribution is -2.28. The first kappa shape index (κ1) is 24.5. The third-order valence-corrected chi connectivity index (χ3v) is 6.74. The van der Waals surface area contributed by atoms with Crippen molar-refractivity contribution in [3.05, 3.63) is 93.7 Å². The quantitative estimate of drug-likeness (QED) is 0.375. The zero-order valence-electron chi connectivity index (χ0n) is 19.7. The van der Waals surface area contributed by atoms with Gasteiger partial charge in [-0.15, -0.1) is 0 Å². The van der Waals surface area contributed by atoms with Crippen LogP contribution < -0.4 is 15.2 Å². The van der Waals surface area contributed by atoms with E-state index in [0.717, 1.165) is 11.8 Å². The van der Waals surface area contributed by atoms with Crippen molar-refractivity contribution in [2.24, 2.45) is 0 Å².